The minimum absolute atomic E-state index is 0.0936. The molecule has 136 valence electrons. The van der Waals surface area contributed by atoms with Gasteiger partial charge in [0.15, 0.2) is 0 Å². The molecule has 0 unspecified atom stereocenters. The first kappa shape index (κ1) is 18.5. The van der Waals surface area contributed by atoms with Crippen LogP contribution in [0.2, 0.25) is 0 Å². The number of nitrogens with one attached hydrogen (secondary N) is 2. The minimum atomic E-state index is -0.729. The first-order valence-electron chi connectivity index (χ1n) is 8.38. The van der Waals surface area contributed by atoms with E-state index in [0.29, 0.717) is 12.5 Å². The number of hydrogen-bond acceptors (Lipinski definition) is 5. The summed E-state index contributed by atoms with van der Waals surface area (Å²) in [5.41, 5.74) is -0.651. The highest BCUT2D eigenvalue weighted by Gasteiger charge is 2.39. The fourth-order valence-corrected chi connectivity index (χ4v) is 2.59. The van der Waals surface area contributed by atoms with Crippen molar-refractivity contribution < 1.29 is 24.2 Å². The van der Waals surface area contributed by atoms with Gasteiger partial charge in [-0.15, -0.1) is 0 Å². The number of rotatable bonds is 5. The van der Waals surface area contributed by atoms with E-state index in [0.717, 1.165) is 12.8 Å². The number of aliphatic hydroxyl groups is 1. The highest BCUT2D eigenvalue weighted by molar-refractivity contribution is 5.90. The summed E-state index contributed by atoms with van der Waals surface area (Å²) in [5, 5.41) is 15.0. The Morgan fingerprint density at radius 3 is 2.46 bits per heavy atom. The van der Waals surface area contributed by atoms with E-state index in [-0.39, 0.29) is 25.4 Å². The summed E-state index contributed by atoms with van der Waals surface area (Å²) in [7, 11) is 0. The summed E-state index contributed by atoms with van der Waals surface area (Å²) in [6.45, 7) is 5.62. The Bertz CT molecular complexity index is 498. The summed E-state index contributed by atoms with van der Waals surface area (Å²) in [6, 6.07) is -0.688. The smallest absolute Gasteiger partial charge is 0.408 e. The van der Waals surface area contributed by atoms with Crippen LogP contribution in [-0.2, 0) is 14.3 Å². The predicted molar refractivity (Wildman–Crippen MR) is 86.1 cm³/mol. The lowest BCUT2D eigenvalue weighted by atomic mass is 10.2. The fourth-order valence-electron chi connectivity index (χ4n) is 2.59. The number of likely N-dealkylation sites (tertiary alicyclic amines) is 1. The van der Waals surface area contributed by atoms with Gasteiger partial charge in [0.1, 0.15) is 18.2 Å². The molecular weight excluding hydrogens is 314 g/mol. The van der Waals surface area contributed by atoms with Crippen LogP contribution in [0.15, 0.2) is 0 Å². The van der Waals surface area contributed by atoms with Crippen LogP contribution < -0.4 is 10.6 Å². The lowest BCUT2D eigenvalue weighted by Crippen LogP contribution is -2.49. The van der Waals surface area contributed by atoms with Crippen LogP contribution in [0.4, 0.5) is 4.79 Å². The van der Waals surface area contributed by atoms with Gasteiger partial charge in [-0.05, 0) is 39.5 Å². The monoisotopic (exact) mass is 341 g/mol. The molecule has 0 aromatic rings. The largest absolute Gasteiger partial charge is 0.444 e. The SMILES string of the molecule is CC(C)(C)OC(=O)NCC(=O)N1C[C@@H](O)C[C@H]1C(=O)NCC1CC1. The van der Waals surface area contributed by atoms with Crippen LogP contribution >= 0.6 is 0 Å². The van der Waals surface area contributed by atoms with Crippen LogP contribution in [-0.4, -0.2) is 65.3 Å². The maximum absolute atomic E-state index is 12.3. The zero-order chi connectivity index (χ0) is 17.9. The molecule has 2 atom stereocenters. The Hall–Kier alpha value is -1.83. The summed E-state index contributed by atoms with van der Waals surface area (Å²) >= 11 is 0. The summed E-state index contributed by atoms with van der Waals surface area (Å²) in [4.78, 5) is 37.5. The molecule has 2 fully saturated rings. The molecule has 1 saturated heterocycles. The van der Waals surface area contributed by atoms with E-state index in [4.69, 9.17) is 4.74 Å². The predicted octanol–water partition coefficient (Wildman–Crippen LogP) is -0.000900. The first-order chi connectivity index (χ1) is 11.2. The molecule has 1 saturated carbocycles. The molecule has 8 heteroatoms. The Labute approximate surface area is 141 Å². The topological polar surface area (TPSA) is 108 Å². The second-order valence-corrected chi connectivity index (χ2v) is 7.50. The molecule has 0 aromatic heterocycles. The van der Waals surface area contributed by atoms with E-state index in [1.165, 1.54) is 4.90 Å². The van der Waals surface area contributed by atoms with Crippen molar-refractivity contribution in [1.29, 1.82) is 0 Å². The average molecular weight is 341 g/mol. The number of hydrogen-bond donors (Lipinski definition) is 3. The molecule has 3 amide bonds. The molecule has 1 aliphatic heterocycles. The molecule has 1 heterocycles. The molecule has 2 rings (SSSR count). The highest BCUT2D eigenvalue weighted by atomic mass is 16.6. The number of β-amino-alcohol motifs (C(OH)–C–C–N with tert-alkyl or cyclic N) is 1. The number of carbonyl (C=O) groups excluding carboxylic acids is 3. The van der Waals surface area contributed by atoms with Crippen molar-refractivity contribution in [3.05, 3.63) is 0 Å². The van der Waals surface area contributed by atoms with Gasteiger partial charge in [-0.3, -0.25) is 9.59 Å². The van der Waals surface area contributed by atoms with E-state index in [9.17, 15) is 19.5 Å². The third kappa shape index (κ3) is 5.67. The van der Waals surface area contributed by atoms with Crippen LogP contribution in [0.3, 0.4) is 0 Å². The summed E-state index contributed by atoms with van der Waals surface area (Å²) in [5.74, 6) is -0.119. The third-order valence-electron chi connectivity index (χ3n) is 3.95. The number of ether oxygens (including phenoxy) is 1. The van der Waals surface area contributed by atoms with Crippen molar-refractivity contribution in [2.75, 3.05) is 19.6 Å². The van der Waals surface area contributed by atoms with Gasteiger partial charge in [-0.25, -0.2) is 4.79 Å². The van der Waals surface area contributed by atoms with E-state index in [2.05, 4.69) is 10.6 Å². The maximum atomic E-state index is 12.3. The number of aliphatic hydroxyl groups excluding tert-OH is 1. The normalized spacial score (nSPS) is 23.8. The van der Waals surface area contributed by atoms with Gasteiger partial charge >= 0.3 is 6.09 Å². The van der Waals surface area contributed by atoms with Crippen molar-refractivity contribution in [3.63, 3.8) is 0 Å². The van der Waals surface area contributed by atoms with E-state index >= 15 is 0 Å². The molecule has 0 aromatic carbocycles. The van der Waals surface area contributed by atoms with Crippen LogP contribution in [0, 0.1) is 5.92 Å². The first-order valence-corrected chi connectivity index (χ1v) is 8.38. The van der Waals surface area contributed by atoms with E-state index in [1.54, 1.807) is 20.8 Å². The van der Waals surface area contributed by atoms with Crippen molar-refractivity contribution >= 4 is 17.9 Å². The summed E-state index contributed by atoms with van der Waals surface area (Å²) < 4.78 is 5.07. The standard InChI is InChI=1S/C16H27N3O5/c1-16(2,3)24-15(23)18-8-13(21)19-9-11(20)6-12(19)14(22)17-7-10-4-5-10/h10-12,20H,4-9H2,1-3H3,(H,17,22)(H,18,23)/t11-,12-/m0/s1. The Balaban J connectivity index is 1.83. The number of carbonyl (C=O) groups is 3. The molecule has 8 nitrogen and oxygen atoms in total. The van der Waals surface area contributed by atoms with Crippen LogP contribution in [0.1, 0.15) is 40.0 Å². The van der Waals surface area contributed by atoms with Crippen LogP contribution in [0.25, 0.3) is 0 Å². The van der Waals surface area contributed by atoms with E-state index < -0.39 is 29.7 Å². The highest BCUT2D eigenvalue weighted by Crippen LogP contribution is 2.28. The molecule has 0 spiro atoms. The maximum Gasteiger partial charge on any atom is 0.408 e. The lowest BCUT2D eigenvalue weighted by molar-refractivity contribution is -0.137. The quantitative estimate of drug-likeness (QED) is 0.652. The van der Waals surface area contributed by atoms with Crippen molar-refractivity contribution in [2.45, 2.75) is 57.8 Å². The second kappa shape index (κ2) is 7.38. The molecule has 2 aliphatic rings. The van der Waals surface area contributed by atoms with Gasteiger partial charge in [0.25, 0.3) is 0 Å². The van der Waals surface area contributed by atoms with Gasteiger partial charge < -0.3 is 25.4 Å². The fraction of sp³-hybridized carbons (Fsp3) is 0.812. The number of alkyl carbamates (subject to hydrolysis) is 1. The third-order valence-corrected chi connectivity index (χ3v) is 3.95. The number of amides is 3. The van der Waals surface area contributed by atoms with Gasteiger partial charge in [-0.1, -0.05) is 0 Å². The molecule has 0 radical (unpaired) electrons. The molecule has 3 N–H and O–H groups in total. The Morgan fingerprint density at radius 1 is 1.21 bits per heavy atom. The van der Waals surface area contributed by atoms with Crippen molar-refractivity contribution in [3.8, 4) is 0 Å². The van der Waals surface area contributed by atoms with Crippen molar-refractivity contribution in [2.24, 2.45) is 5.92 Å². The second-order valence-electron chi connectivity index (χ2n) is 7.50. The zero-order valence-corrected chi connectivity index (χ0v) is 14.5. The zero-order valence-electron chi connectivity index (χ0n) is 14.5. The summed E-state index contributed by atoms with van der Waals surface area (Å²) in [6.07, 6.45) is 1.04. The van der Waals surface area contributed by atoms with Gasteiger partial charge in [0, 0.05) is 19.5 Å². The van der Waals surface area contributed by atoms with Crippen molar-refractivity contribution in [1.82, 2.24) is 15.5 Å². The number of nitrogens with zero attached hydrogens (tertiary/aromatic N) is 1. The van der Waals surface area contributed by atoms with Gasteiger partial charge in [0.05, 0.1) is 6.10 Å². The Morgan fingerprint density at radius 2 is 1.88 bits per heavy atom. The molecule has 24 heavy (non-hydrogen) atoms. The van der Waals surface area contributed by atoms with Gasteiger partial charge in [-0.2, -0.15) is 0 Å². The van der Waals surface area contributed by atoms with E-state index in [1.807, 2.05) is 0 Å². The van der Waals surface area contributed by atoms with Gasteiger partial charge in [0.2, 0.25) is 11.8 Å². The molecule has 0 bridgehead atoms. The Kier molecular flexibility index (Phi) is 5.69. The minimum Gasteiger partial charge on any atom is -0.444 e. The molecular formula is C16H27N3O5. The molecule has 1 aliphatic carbocycles. The van der Waals surface area contributed by atoms with Crippen LogP contribution in [0.5, 0.6) is 0 Å². The average Bonchev–Trinajstić information content (AvgIpc) is 3.21. The lowest BCUT2D eigenvalue weighted by Gasteiger charge is -2.24.